The third kappa shape index (κ3) is 4.83. The highest BCUT2D eigenvalue weighted by molar-refractivity contribution is 7.84. The Hall–Kier alpha value is -1.94. The average Bonchev–Trinajstić information content (AvgIpc) is 2.52. The molecule has 0 radical (unpaired) electrons. The van der Waals surface area contributed by atoms with Gasteiger partial charge < -0.3 is 5.32 Å². The van der Waals surface area contributed by atoms with Crippen molar-refractivity contribution in [1.82, 2.24) is 5.32 Å². The topological polar surface area (TPSA) is 46.2 Å². The van der Waals surface area contributed by atoms with Crippen LogP contribution in [0.25, 0.3) is 0 Å². The fourth-order valence-corrected chi connectivity index (χ4v) is 2.56. The third-order valence-electron chi connectivity index (χ3n) is 3.22. The Balaban J connectivity index is 1.78. The van der Waals surface area contributed by atoms with Crippen molar-refractivity contribution in [2.75, 3.05) is 12.8 Å². The molecular formula is C17H19NO2S. The molecule has 110 valence electrons. The number of carbonyl (C=O) groups is 1. The van der Waals surface area contributed by atoms with Gasteiger partial charge in [-0.2, -0.15) is 0 Å². The predicted molar refractivity (Wildman–Crippen MR) is 85.9 cm³/mol. The van der Waals surface area contributed by atoms with Crippen molar-refractivity contribution in [2.24, 2.45) is 0 Å². The smallest absolute Gasteiger partial charge is 0.251 e. The van der Waals surface area contributed by atoms with Crippen molar-refractivity contribution >= 4 is 16.7 Å². The molecule has 1 atom stereocenters. The fourth-order valence-electron chi connectivity index (χ4n) is 2.04. The van der Waals surface area contributed by atoms with E-state index < -0.39 is 10.8 Å². The van der Waals surface area contributed by atoms with Gasteiger partial charge >= 0.3 is 0 Å². The van der Waals surface area contributed by atoms with Crippen LogP contribution in [0, 0.1) is 0 Å². The molecule has 0 aromatic heterocycles. The Morgan fingerprint density at radius 1 is 1.05 bits per heavy atom. The van der Waals surface area contributed by atoms with Gasteiger partial charge in [0.1, 0.15) is 0 Å². The molecule has 2 rings (SSSR count). The molecular weight excluding hydrogens is 282 g/mol. The van der Waals surface area contributed by atoms with E-state index in [1.807, 2.05) is 18.2 Å². The molecule has 1 N–H and O–H groups in total. The number of nitrogens with one attached hydrogen (secondary N) is 1. The lowest BCUT2D eigenvalue weighted by Gasteiger charge is -2.06. The second kappa shape index (κ2) is 7.74. The molecule has 0 aliphatic carbocycles. The van der Waals surface area contributed by atoms with Gasteiger partial charge in [0, 0.05) is 34.1 Å². The summed E-state index contributed by atoms with van der Waals surface area (Å²) in [7, 11) is -1.01. The van der Waals surface area contributed by atoms with Gasteiger partial charge in [0.2, 0.25) is 0 Å². The molecule has 0 aliphatic heterocycles. The largest absolute Gasteiger partial charge is 0.352 e. The third-order valence-corrected chi connectivity index (χ3v) is 4.16. The number of carbonyl (C=O) groups excluding carboxylic acids is 1. The maximum atomic E-state index is 12.0. The summed E-state index contributed by atoms with van der Waals surface area (Å²) in [6.07, 6.45) is 3.49. The molecule has 0 saturated heterocycles. The van der Waals surface area contributed by atoms with Crippen LogP contribution in [0.15, 0.2) is 59.5 Å². The zero-order chi connectivity index (χ0) is 15.1. The van der Waals surface area contributed by atoms with E-state index in [0.29, 0.717) is 12.1 Å². The second-order valence-corrected chi connectivity index (χ2v) is 6.20. The van der Waals surface area contributed by atoms with E-state index in [1.54, 1.807) is 30.5 Å². The van der Waals surface area contributed by atoms with Crippen LogP contribution < -0.4 is 5.32 Å². The highest BCUT2D eigenvalue weighted by atomic mass is 32.2. The van der Waals surface area contributed by atoms with Crippen LogP contribution in [-0.4, -0.2) is 22.9 Å². The van der Waals surface area contributed by atoms with Gasteiger partial charge in [-0.25, -0.2) is 0 Å². The lowest BCUT2D eigenvalue weighted by molar-refractivity contribution is 0.0953. The minimum atomic E-state index is -1.01. The average molecular weight is 301 g/mol. The van der Waals surface area contributed by atoms with E-state index in [4.69, 9.17) is 0 Å². The first kappa shape index (κ1) is 15.4. The molecule has 0 heterocycles. The Labute approximate surface area is 127 Å². The monoisotopic (exact) mass is 301 g/mol. The first-order valence-electron chi connectivity index (χ1n) is 6.92. The van der Waals surface area contributed by atoms with Crippen LogP contribution in [0.1, 0.15) is 22.3 Å². The highest BCUT2D eigenvalue weighted by Crippen LogP contribution is 2.07. The fraction of sp³-hybridized carbons (Fsp3) is 0.235. The summed E-state index contributed by atoms with van der Waals surface area (Å²) in [4.78, 5) is 12.7. The second-order valence-electron chi connectivity index (χ2n) is 4.82. The minimum Gasteiger partial charge on any atom is -0.352 e. The molecule has 1 unspecified atom stereocenters. The molecule has 4 heteroatoms. The first-order chi connectivity index (χ1) is 10.2. The van der Waals surface area contributed by atoms with Crippen molar-refractivity contribution in [3.05, 3.63) is 65.7 Å². The molecule has 0 spiro atoms. The van der Waals surface area contributed by atoms with E-state index in [1.165, 1.54) is 5.56 Å². The molecule has 2 aromatic rings. The molecule has 1 amide bonds. The molecule has 0 aliphatic rings. The minimum absolute atomic E-state index is 0.0866. The van der Waals surface area contributed by atoms with Crippen LogP contribution in [-0.2, 0) is 17.2 Å². The molecule has 21 heavy (non-hydrogen) atoms. The van der Waals surface area contributed by atoms with E-state index in [-0.39, 0.29) is 5.91 Å². The van der Waals surface area contributed by atoms with Gasteiger partial charge in [-0.05, 0) is 42.7 Å². The van der Waals surface area contributed by atoms with Crippen LogP contribution in [0.2, 0.25) is 0 Å². The highest BCUT2D eigenvalue weighted by Gasteiger charge is 2.05. The van der Waals surface area contributed by atoms with Gasteiger partial charge in [0.15, 0.2) is 0 Å². The van der Waals surface area contributed by atoms with Gasteiger partial charge in [-0.3, -0.25) is 9.00 Å². The summed E-state index contributed by atoms with van der Waals surface area (Å²) < 4.78 is 11.3. The SMILES string of the molecule is CS(=O)c1ccc(C(=O)NCCCc2ccccc2)cc1. The summed E-state index contributed by atoms with van der Waals surface area (Å²) in [6, 6.07) is 17.1. The van der Waals surface area contributed by atoms with Crippen molar-refractivity contribution in [2.45, 2.75) is 17.7 Å². The Morgan fingerprint density at radius 2 is 1.71 bits per heavy atom. The summed E-state index contributed by atoms with van der Waals surface area (Å²) in [6.45, 7) is 0.648. The normalized spacial score (nSPS) is 11.9. The summed E-state index contributed by atoms with van der Waals surface area (Å²) in [5.74, 6) is -0.0866. The standard InChI is InChI=1S/C17H19NO2S/c1-21(20)16-11-9-15(10-12-16)17(19)18-13-5-8-14-6-3-2-4-7-14/h2-4,6-7,9-12H,5,8,13H2,1H3,(H,18,19). The van der Waals surface area contributed by atoms with Crippen molar-refractivity contribution in [3.8, 4) is 0 Å². The van der Waals surface area contributed by atoms with Gasteiger partial charge in [0.05, 0.1) is 0 Å². The summed E-state index contributed by atoms with van der Waals surface area (Å²) >= 11 is 0. The summed E-state index contributed by atoms with van der Waals surface area (Å²) in [5, 5.41) is 2.90. The predicted octanol–water partition coefficient (Wildman–Crippen LogP) is 2.79. The van der Waals surface area contributed by atoms with Crippen LogP contribution >= 0.6 is 0 Å². The number of rotatable bonds is 6. The Morgan fingerprint density at radius 3 is 2.33 bits per heavy atom. The van der Waals surface area contributed by atoms with E-state index in [2.05, 4.69) is 17.4 Å². The van der Waals surface area contributed by atoms with Crippen LogP contribution in [0.5, 0.6) is 0 Å². The van der Waals surface area contributed by atoms with Crippen LogP contribution in [0.3, 0.4) is 0 Å². The van der Waals surface area contributed by atoms with Gasteiger partial charge in [0.25, 0.3) is 5.91 Å². The number of aryl methyl sites for hydroxylation is 1. The number of hydrogen-bond acceptors (Lipinski definition) is 2. The molecule has 3 nitrogen and oxygen atoms in total. The van der Waals surface area contributed by atoms with E-state index in [9.17, 15) is 9.00 Å². The van der Waals surface area contributed by atoms with Crippen molar-refractivity contribution in [3.63, 3.8) is 0 Å². The number of amides is 1. The molecule has 0 fully saturated rings. The van der Waals surface area contributed by atoms with E-state index in [0.717, 1.165) is 17.7 Å². The maximum Gasteiger partial charge on any atom is 0.251 e. The van der Waals surface area contributed by atoms with Crippen LogP contribution in [0.4, 0.5) is 0 Å². The first-order valence-corrected chi connectivity index (χ1v) is 8.48. The number of benzene rings is 2. The zero-order valence-corrected chi connectivity index (χ0v) is 12.9. The molecule has 0 saturated carbocycles. The lowest BCUT2D eigenvalue weighted by Crippen LogP contribution is -2.24. The van der Waals surface area contributed by atoms with Gasteiger partial charge in [-0.1, -0.05) is 30.3 Å². The quantitative estimate of drug-likeness (QED) is 0.834. The molecule has 0 bridgehead atoms. The Kier molecular flexibility index (Phi) is 5.69. The summed E-state index contributed by atoms with van der Waals surface area (Å²) in [5.41, 5.74) is 1.88. The molecule has 2 aromatic carbocycles. The number of hydrogen-bond donors (Lipinski definition) is 1. The Bertz CT molecular complexity index is 608. The van der Waals surface area contributed by atoms with E-state index >= 15 is 0 Å². The van der Waals surface area contributed by atoms with Crippen molar-refractivity contribution in [1.29, 1.82) is 0 Å². The van der Waals surface area contributed by atoms with Crippen molar-refractivity contribution < 1.29 is 9.00 Å². The van der Waals surface area contributed by atoms with Gasteiger partial charge in [-0.15, -0.1) is 0 Å². The zero-order valence-electron chi connectivity index (χ0n) is 12.0. The lowest BCUT2D eigenvalue weighted by atomic mass is 10.1. The maximum absolute atomic E-state index is 12.0.